The first-order chi connectivity index (χ1) is 19.8. The van der Waals surface area contributed by atoms with E-state index in [0.29, 0.717) is 11.1 Å². The number of imide groups is 1. The van der Waals surface area contributed by atoms with Gasteiger partial charge in [-0.2, -0.15) is 5.26 Å². The second-order valence-electron chi connectivity index (χ2n) is 10.6. The summed E-state index contributed by atoms with van der Waals surface area (Å²) >= 11 is 0. The third-order valence-corrected chi connectivity index (χ3v) is 8.29. The van der Waals surface area contributed by atoms with Crippen LogP contribution >= 0.6 is 0 Å². The second kappa shape index (κ2) is 9.72. The number of nitrogens with zero attached hydrogens (tertiary/aromatic N) is 4. The third kappa shape index (κ3) is 3.89. The highest BCUT2D eigenvalue weighted by Gasteiger charge is 2.46. The van der Waals surface area contributed by atoms with Crippen LogP contribution in [0.1, 0.15) is 30.5 Å². The Hall–Kier alpha value is -5.28. The van der Waals surface area contributed by atoms with Gasteiger partial charge in [-0.25, -0.2) is 4.98 Å². The Morgan fingerprint density at radius 1 is 0.878 bits per heavy atom. The molecule has 2 amide bonds. The molecule has 0 aliphatic carbocycles. The molecule has 1 atom stereocenters. The molecule has 0 N–H and O–H groups in total. The molecule has 41 heavy (non-hydrogen) atoms. The average Bonchev–Trinajstić information content (AvgIpc) is 3.23. The van der Waals surface area contributed by atoms with Crippen molar-refractivity contribution in [3.63, 3.8) is 0 Å². The van der Waals surface area contributed by atoms with E-state index in [1.165, 1.54) is 7.05 Å². The normalized spacial score (nSPS) is 20.8. The molecule has 0 radical (unpaired) electrons. The van der Waals surface area contributed by atoms with Gasteiger partial charge in [-0.05, 0) is 84.2 Å². The first-order valence-corrected chi connectivity index (χ1v) is 13.4. The SMILES string of the molecule is CC1=C(C#N)C(=O)N(C)C(=O)/C1=C/C=C1/N(c2ncccc2C)c2cc3ccccc3cc2C1(C)c1ccccc1. The predicted octanol–water partition coefficient (Wildman–Crippen LogP) is 6.65. The molecule has 0 spiro atoms. The summed E-state index contributed by atoms with van der Waals surface area (Å²) in [5, 5.41) is 11.9. The van der Waals surface area contributed by atoms with Crippen LogP contribution in [0.4, 0.5) is 11.5 Å². The average molecular weight is 537 g/mol. The zero-order valence-electron chi connectivity index (χ0n) is 23.3. The summed E-state index contributed by atoms with van der Waals surface area (Å²) in [5.74, 6) is -0.230. The van der Waals surface area contributed by atoms with E-state index in [9.17, 15) is 14.9 Å². The lowest BCUT2D eigenvalue weighted by Crippen LogP contribution is -2.39. The maximum atomic E-state index is 13.3. The molecule has 0 saturated heterocycles. The van der Waals surface area contributed by atoms with E-state index in [2.05, 4.69) is 48.2 Å². The number of rotatable bonds is 3. The number of likely N-dealkylation sites (N-methyl/N-ethyl adjacent to an activating group) is 1. The molecule has 0 fully saturated rings. The van der Waals surface area contributed by atoms with Gasteiger partial charge in [-0.1, -0.05) is 60.7 Å². The molecule has 0 bridgehead atoms. The molecule has 3 heterocycles. The van der Waals surface area contributed by atoms with E-state index in [1.54, 1.807) is 19.2 Å². The number of carbonyl (C=O) groups is 2. The van der Waals surface area contributed by atoms with E-state index in [4.69, 9.17) is 4.98 Å². The van der Waals surface area contributed by atoms with Gasteiger partial charge in [0.05, 0.1) is 11.1 Å². The summed E-state index contributed by atoms with van der Waals surface area (Å²) in [6.45, 7) is 5.88. The van der Waals surface area contributed by atoms with Crippen LogP contribution in [0.3, 0.4) is 0 Å². The van der Waals surface area contributed by atoms with Crippen LogP contribution in [0.2, 0.25) is 0 Å². The van der Waals surface area contributed by atoms with Gasteiger partial charge in [0.2, 0.25) is 0 Å². The molecule has 0 saturated carbocycles. The summed E-state index contributed by atoms with van der Waals surface area (Å²) in [7, 11) is 1.41. The first kappa shape index (κ1) is 26.0. The fourth-order valence-corrected chi connectivity index (χ4v) is 5.95. The summed E-state index contributed by atoms with van der Waals surface area (Å²) in [4.78, 5) is 33.8. The van der Waals surface area contributed by atoms with Crippen molar-refractivity contribution >= 4 is 34.1 Å². The quantitative estimate of drug-likeness (QED) is 0.216. The fraction of sp³-hybridized carbons (Fsp3) is 0.143. The number of anilines is 2. The van der Waals surface area contributed by atoms with E-state index in [1.807, 2.05) is 61.5 Å². The molecule has 1 unspecified atom stereocenters. The predicted molar refractivity (Wildman–Crippen MR) is 160 cm³/mol. The summed E-state index contributed by atoms with van der Waals surface area (Å²) in [6.07, 6.45) is 5.47. The zero-order chi connectivity index (χ0) is 28.9. The Morgan fingerprint density at radius 2 is 1.56 bits per heavy atom. The van der Waals surface area contributed by atoms with Gasteiger partial charge in [-0.3, -0.25) is 19.4 Å². The third-order valence-electron chi connectivity index (χ3n) is 8.29. The van der Waals surface area contributed by atoms with Crippen LogP contribution in [0, 0.1) is 18.3 Å². The second-order valence-corrected chi connectivity index (χ2v) is 10.6. The topological polar surface area (TPSA) is 77.3 Å². The fourth-order valence-electron chi connectivity index (χ4n) is 5.95. The number of aromatic nitrogens is 1. The molecule has 6 rings (SSSR count). The van der Waals surface area contributed by atoms with Crippen molar-refractivity contribution in [2.75, 3.05) is 11.9 Å². The molecule has 1 aromatic heterocycles. The van der Waals surface area contributed by atoms with Gasteiger partial charge >= 0.3 is 0 Å². The molecule has 2 aliphatic heterocycles. The largest absolute Gasteiger partial charge is 0.297 e. The number of pyridine rings is 1. The Kier molecular flexibility index (Phi) is 6.16. The molecular weight excluding hydrogens is 508 g/mol. The summed E-state index contributed by atoms with van der Waals surface area (Å²) in [6, 6.07) is 29.0. The van der Waals surface area contributed by atoms with E-state index in [0.717, 1.165) is 49.6 Å². The minimum Gasteiger partial charge on any atom is -0.297 e. The lowest BCUT2D eigenvalue weighted by Gasteiger charge is -2.31. The van der Waals surface area contributed by atoms with Crippen molar-refractivity contribution in [1.29, 1.82) is 5.26 Å². The Morgan fingerprint density at radius 3 is 2.24 bits per heavy atom. The number of carbonyl (C=O) groups excluding carboxylic acids is 2. The minimum absolute atomic E-state index is 0.0269. The Bertz CT molecular complexity index is 1890. The highest BCUT2D eigenvalue weighted by molar-refractivity contribution is 6.18. The van der Waals surface area contributed by atoms with Crippen LogP contribution in [-0.2, 0) is 15.0 Å². The number of hydrogen-bond donors (Lipinski definition) is 0. The smallest absolute Gasteiger partial charge is 0.271 e. The standard InChI is InChI=1S/C35H28N4O2/c1-22-11-10-18-37-32(22)39-30-20-25-13-9-8-12-24(25)19-29(30)35(3,26-14-6-5-7-15-26)31(39)17-16-27-23(2)28(21-36)34(41)38(4)33(27)40/h5-20H,1-4H3/b27-16+,31-17+. The number of fused-ring (bicyclic) bond motifs is 2. The number of hydrogen-bond acceptors (Lipinski definition) is 5. The lowest BCUT2D eigenvalue weighted by atomic mass is 9.74. The minimum atomic E-state index is -0.614. The van der Waals surface area contributed by atoms with Gasteiger partial charge in [0, 0.05) is 24.5 Å². The van der Waals surface area contributed by atoms with Gasteiger partial charge < -0.3 is 0 Å². The van der Waals surface area contributed by atoms with Crippen LogP contribution in [-0.4, -0.2) is 28.7 Å². The molecule has 6 heteroatoms. The van der Waals surface area contributed by atoms with Gasteiger partial charge in [0.1, 0.15) is 17.5 Å². The number of benzene rings is 3. The number of amides is 2. The van der Waals surface area contributed by atoms with Crippen molar-refractivity contribution < 1.29 is 9.59 Å². The molecule has 2 aliphatic rings. The van der Waals surface area contributed by atoms with Crippen LogP contribution in [0.25, 0.3) is 10.8 Å². The monoisotopic (exact) mass is 536 g/mol. The zero-order valence-corrected chi connectivity index (χ0v) is 23.3. The van der Waals surface area contributed by atoms with Crippen molar-refractivity contribution in [3.8, 4) is 6.07 Å². The number of allylic oxidation sites excluding steroid dienone is 3. The van der Waals surface area contributed by atoms with Gasteiger partial charge in [0.25, 0.3) is 11.8 Å². The molecule has 200 valence electrons. The van der Waals surface area contributed by atoms with Crippen molar-refractivity contribution in [1.82, 2.24) is 9.88 Å². The van der Waals surface area contributed by atoms with Crippen molar-refractivity contribution in [3.05, 3.63) is 136 Å². The van der Waals surface area contributed by atoms with Crippen molar-refractivity contribution in [2.45, 2.75) is 26.2 Å². The number of aryl methyl sites for hydroxylation is 1. The molecular formula is C35H28N4O2. The van der Waals surface area contributed by atoms with Crippen LogP contribution in [0.5, 0.6) is 0 Å². The maximum absolute atomic E-state index is 13.3. The van der Waals surface area contributed by atoms with Gasteiger partial charge in [-0.15, -0.1) is 0 Å². The molecule has 3 aromatic carbocycles. The van der Waals surface area contributed by atoms with E-state index >= 15 is 0 Å². The molecule has 4 aromatic rings. The van der Waals surface area contributed by atoms with E-state index in [-0.39, 0.29) is 5.57 Å². The van der Waals surface area contributed by atoms with Crippen molar-refractivity contribution in [2.24, 2.45) is 0 Å². The van der Waals surface area contributed by atoms with Crippen LogP contribution in [0.15, 0.2) is 120 Å². The highest BCUT2D eigenvalue weighted by atomic mass is 16.2. The lowest BCUT2D eigenvalue weighted by molar-refractivity contribution is -0.138. The summed E-state index contributed by atoms with van der Waals surface area (Å²) < 4.78 is 0. The Labute approximate surface area is 239 Å². The first-order valence-electron chi connectivity index (χ1n) is 13.4. The van der Waals surface area contributed by atoms with E-state index < -0.39 is 17.2 Å². The maximum Gasteiger partial charge on any atom is 0.271 e. The number of nitriles is 1. The molecule has 6 nitrogen and oxygen atoms in total. The highest BCUT2D eigenvalue weighted by Crippen LogP contribution is 2.55. The van der Waals surface area contributed by atoms with Gasteiger partial charge in [0.15, 0.2) is 0 Å². The Balaban J connectivity index is 1.70. The summed E-state index contributed by atoms with van der Waals surface area (Å²) in [5.41, 5.74) is 5.16. The van der Waals surface area contributed by atoms with Crippen LogP contribution < -0.4 is 4.90 Å².